The van der Waals surface area contributed by atoms with Crippen molar-refractivity contribution in [2.24, 2.45) is 0 Å². The number of carbonyl (C=O) groups is 2. The van der Waals surface area contributed by atoms with Crippen molar-refractivity contribution in [2.75, 3.05) is 32.1 Å². The second-order valence-corrected chi connectivity index (χ2v) is 4.46. The summed E-state index contributed by atoms with van der Waals surface area (Å²) in [5, 5.41) is 2.20. The molecule has 0 spiro atoms. The lowest BCUT2D eigenvalue weighted by Crippen LogP contribution is -2.32. The van der Waals surface area contributed by atoms with Crippen LogP contribution in [0.5, 0.6) is 0 Å². The highest BCUT2D eigenvalue weighted by Crippen LogP contribution is 2.14. The van der Waals surface area contributed by atoms with E-state index >= 15 is 0 Å². The summed E-state index contributed by atoms with van der Waals surface area (Å²) in [5.74, 6) is -0.454. The number of rotatable bonds is 10. The summed E-state index contributed by atoms with van der Waals surface area (Å²) in [4.78, 5) is 23.2. The summed E-state index contributed by atoms with van der Waals surface area (Å²) in [6.45, 7) is 8.88. The average molecular weight is 275 g/mol. The van der Waals surface area contributed by atoms with Crippen LogP contribution in [0.15, 0.2) is 12.7 Å². The van der Waals surface area contributed by atoms with Gasteiger partial charge >= 0.3 is 11.9 Å². The zero-order valence-corrected chi connectivity index (χ0v) is 11.8. The number of thioether (sulfide) groups is 1. The molecule has 0 saturated heterocycles. The first-order chi connectivity index (χ1) is 8.67. The summed E-state index contributed by atoms with van der Waals surface area (Å²) in [5.41, 5.74) is 0. The molecular weight excluding hydrogens is 254 g/mol. The van der Waals surface area contributed by atoms with Crippen molar-refractivity contribution in [2.45, 2.75) is 19.1 Å². The topological polar surface area (TPSA) is 64.6 Å². The number of nitrogens with one attached hydrogen (secondary N) is 1. The van der Waals surface area contributed by atoms with E-state index in [0.717, 1.165) is 0 Å². The molecule has 5 nitrogen and oxygen atoms in total. The van der Waals surface area contributed by atoms with Crippen molar-refractivity contribution < 1.29 is 19.1 Å². The standard InChI is InChI=1S/C12H21NO4S/c1-4-7-13-8-9-18-10(11(14)16-5-2)12(15)17-6-3/h4,10,13H,1,5-9H2,2-3H3. The molecular formula is C12H21NO4S. The Balaban J connectivity index is 4.16. The summed E-state index contributed by atoms with van der Waals surface area (Å²) in [6, 6.07) is 0. The smallest absolute Gasteiger partial charge is 0.330 e. The fraction of sp³-hybridized carbons (Fsp3) is 0.667. The van der Waals surface area contributed by atoms with Crippen LogP contribution in [0.1, 0.15) is 13.8 Å². The molecule has 0 aromatic carbocycles. The van der Waals surface area contributed by atoms with E-state index in [1.54, 1.807) is 19.9 Å². The van der Waals surface area contributed by atoms with Gasteiger partial charge in [-0.25, -0.2) is 0 Å². The maximum Gasteiger partial charge on any atom is 0.330 e. The maximum absolute atomic E-state index is 11.6. The minimum Gasteiger partial charge on any atom is -0.465 e. The van der Waals surface area contributed by atoms with Crippen molar-refractivity contribution in [3.63, 3.8) is 0 Å². The quantitative estimate of drug-likeness (QED) is 0.278. The highest BCUT2D eigenvalue weighted by molar-refractivity contribution is 8.01. The second-order valence-electron chi connectivity index (χ2n) is 3.25. The van der Waals surface area contributed by atoms with Crippen molar-refractivity contribution >= 4 is 23.7 Å². The summed E-state index contributed by atoms with van der Waals surface area (Å²) in [6.07, 6.45) is 1.75. The minimum absolute atomic E-state index is 0.254. The lowest BCUT2D eigenvalue weighted by Gasteiger charge is -2.13. The van der Waals surface area contributed by atoms with Crippen molar-refractivity contribution in [3.8, 4) is 0 Å². The molecule has 0 radical (unpaired) electrons. The lowest BCUT2D eigenvalue weighted by atomic mass is 10.4. The van der Waals surface area contributed by atoms with Crippen molar-refractivity contribution in [3.05, 3.63) is 12.7 Å². The largest absolute Gasteiger partial charge is 0.465 e. The molecule has 0 fully saturated rings. The molecule has 0 aromatic heterocycles. The highest BCUT2D eigenvalue weighted by atomic mass is 32.2. The summed E-state index contributed by atoms with van der Waals surface area (Å²) < 4.78 is 9.71. The third-order valence-electron chi connectivity index (χ3n) is 1.85. The number of hydrogen-bond donors (Lipinski definition) is 1. The molecule has 0 aliphatic rings. The van der Waals surface area contributed by atoms with E-state index in [-0.39, 0.29) is 13.2 Å². The predicted octanol–water partition coefficient (Wildman–Crippen LogP) is 0.990. The van der Waals surface area contributed by atoms with Crippen LogP contribution in [0.25, 0.3) is 0 Å². The molecule has 0 aliphatic carbocycles. The molecule has 0 aromatic rings. The van der Waals surface area contributed by atoms with E-state index in [0.29, 0.717) is 18.8 Å². The molecule has 0 rings (SSSR count). The molecule has 0 atom stereocenters. The van der Waals surface area contributed by atoms with Gasteiger partial charge in [0, 0.05) is 18.8 Å². The van der Waals surface area contributed by atoms with Gasteiger partial charge in [-0.05, 0) is 13.8 Å². The normalized spacial score (nSPS) is 10.2. The number of carbonyl (C=O) groups excluding carboxylic acids is 2. The van der Waals surface area contributed by atoms with Gasteiger partial charge in [0.05, 0.1) is 13.2 Å². The third-order valence-corrected chi connectivity index (χ3v) is 3.01. The first kappa shape index (κ1) is 17.0. The Morgan fingerprint density at radius 2 is 1.83 bits per heavy atom. The van der Waals surface area contributed by atoms with Gasteiger partial charge in [-0.2, -0.15) is 0 Å². The van der Waals surface area contributed by atoms with Crippen molar-refractivity contribution in [1.29, 1.82) is 0 Å². The molecule has 104 valence electrons. The van der Waals surface area contributed by atoms with E-state index in [1.165, 1.54) is 11.8 Å². The molecule has 0 unspecified atom stereocenters. The van der Waals surface area contributed by atoms with Crippen LogP contribution in [-0.2, 0) is 19.1 Å². The molecule has 0 aliphatic heterocycles. The van der Waals surface area contributed by atoms with E-state index in [1.807, 2.05) is 0 Å². The van der Waals surface area contributed by atoms with E-state index in [2.05, 4.69) is 11.9 Å². The first-order valence-corrected chi connectivity index (χ1v) is 6.98. The van der Waals surface area contributed by atoms with Gasteiger partial charge in [-0.1, -0.05) is 6.08 Å². The van der Waals surface area contributed by atoms with Crippen LogP contribution in [0.2, 0.25) is 0 Å². The average Bonchev–Trinajstić information content (AvgIpc) is 2.34. The van der Waals surface area contributed by atoms with Gasteiger partial charge in [-0.3, -0.25) is 9.59 Å². The molecule has 1 N–H and O–H groups in total. The predicted molar refractivity (Wildman–Crippen MR) is 72.6 cm³/mol. The van der Waals surface area contributed by atoms with E-state index in [9.17, 15) is 9.59 Å². The lowest BCUT2D eigenvalue weighted by molar-refractivity contribution is -0.152. The second kappa shape index (κ2) is 11.1. The molecule has 0 bridgehead atoms. The van der Waals surface area contributed by atoms with E-state index in [4.69, 9.17) is 9.47 Å². The Hall–Kier alpha value is -1.01. The summed E-state index contributed by atoms with van der Waals surface area (Å²) in [7, 11) is 0. The van der Waals surface area contributed by atoms with Crippen LogP contribution in [0, 0.1) is 0 Å². The number of hydrogen-bond acceptors (Lipinski definition) is 6. The van der Waals surface area contributed by atoms with Crippen LogP contribution in [0.4, 0.5) is 0 Å². The van der Waals surface area contributed by atoms with Crippen LogP contribution in [0.3, 0.4) is 0 Å². The molecule has 0 amide bonds. The number of ether oxygens (including phenoxy) is 2. The Morgan fingerprint density at radius 1 is 1.28 bits per heavy atom. The van der Waals surface area contributed by atoms with E-state index < -0.39 is 17.2 Å². The molecule has 18 heavy (non-hydrogen) atoms. The molecule has 6 heteroatoms. The monoisotopic (exact) mass is 275 g/mol. The Kier molecular flexibility index (Phi) is 10.5. The fourth-order valence-electron chi connectivity index (χ4n) is 1.12. The van der Waals surface area contributed by atoms with Gasteiger partial charge < -0.3 is 14.8 Å². The van der Waals surface area contributed by atoms with Gasteiger partial charge in [-0.15, -0.1) is 18.3 Å². The fourth-order valence-corrected chi connectivity index (χ4v) is 2.03. The molecule has 0 saturated carbocycles. The zero-order valence-electron chi connectivity index (χ0n) is 10.9. The molecule has 0 heterocycles. The van der Waals surface area contributed by atoms with Gasteiger partial charge in [0.15, 0.2) is 5.25 Å². The highest BCUT2D eigenvalue weighted by Gasteiger charge is 2.29. The van der Waals surface area contributed by atoms with Gasteiger partial charge in [0.2, 0.25) is 0 Å². The zero-order chi connectivity index (χ0) is 13.8. The van der Waals surface area contributed by atoms with Crippen LogP contribution < -0.4 is 5.32 Å². The Morgan fingerprint density at radius 3 is 2.28 bits per heavy atom. The van der Waals surface area contributed by atoms with Gasteiger partial charge in [0.25, 0.3) is 0 Å². The third kappa shape index (κ3) is 7.34. The maximum atomic E-state index is 11.6. The SMILES string of the molecule is C=CCNCCSC(C(=O)OCC)C(=O)OCC. The summed E-state index contributed by atoms with van der Waals surface area (Å²) >= 11 is 1.22. The van der Waals surface area contributed by atoms with Crippen LogP contribution in [-0.4, -0.2) is 49.2 Å². The number of esters is 2. The Labute approximate surface area is 112 Å². The minimum atomic E-state index is -0.893. The van der Waals surface area contributed by atoms with Crippen molar-refractivity contribution in [1.82, 2.24) is 5.32 Å². The van der Waals surface area contributed by atoms with Crippen LogP contribution >= 0.6 is 11.8 Å². The Bertz CT molecular complexity index is 253. The van der Waals surface area contributed by atoms with Gasteiger partial charge in [0.1, 0.15) is 0 Å². The first-order valence-electron chi connectivity index (χ1n) is 5.93.